The van der Waals surface area contributed by atoms with Crippen LogP contribution in [0, 0.1) is 0 Å². The van der Waals surface area contributed by atoms with Gasteiger partial charge in [-0.2, -0.15) is 0 Å². The van der Waals surface area contributed by atoms with Crippen LogP contribution >= 0.6 is 0 Å². The van der Waals surface area contributed by atoms with Gasteiger partial charge in [0.25, 0.3) is 5.91 Å². The minimum Gasteiger partial charge on any atom is -0.484 e. The van der Waals surface area contributed by atoms with Crippen molar-refractivity contribution >= 4 is 11.9 Å². The summed E-state index contributed by atoms with van der Waals surface area (Å²) in [7, 11) is 3.40. The molecule has 0 atom stereocenters. The second kappa shape index (κ2) is 8.80. The summed E-state index contributed by atoms with van der Waals surface area (Å²) in [6.07, 6.45) is 0. The molecule has 0 aliphatic rings. The van der Waals surface area contributed by atoms with E-state index in [4.69, 9.17) is 10.5 Å². The molecule has 0 radical (unpaired) electrons. The SMILES string of the molecule is CN(C)C(=O)NCCNCc1ccc(OCC(N)=O)cc1. The van der Waals surface area contributed by atoms with E-state index >= 15 is 0 Å². The van der Waals surface area contributed by atoms with Gasteiger partial charge in [0.05, 0.1) is 0 Å². The van der Waals surface area contributed by atoms with E-state index in [2.05, 4.69) is 10.6 Å². The van der Waals surface area contributed by atoms with E-state index in [1.165, 1.54) is 4.90 Å². The van der Waals surface area contributed by atoms with Crippen LogP contribution in [0.25, 0.3) is 0 Å². The molecule has 0 spiro atoms. The molecule has 21 heavy (non-hydrogen) atoms. The maximum absolute atomic E-state index is 11.3. The molecule has 7 heteroatoms. The number of carbonyl (C=O) groups is 2. The number of hydrogen-bond acceptors (Lipinski definition) is 4. The number of hydrogen-bond donors (Lipinski definition) is 3. The summed E-state index contributed by atoms with van der Waals surface area (Å²) in [6.45, 7) is 1.81. The van der Waals surface area contributed by atoms with Crippen molar-refractivity contribution in [1.29, 1.82) is 0 Å². The van der Waals surface area contributed by atoms with Crippen LogP contribution in [-0.2, 0) is 11.3 Å². The third-order valence-electron chi connectivity index (χ3n) is 2.62. The Labute approximate surface area is 124 Å². The third kappa shape index (κ3) is 7.17. The first-order chi connectivity index (χ1) is 9.99. The number of rotatable bonds is 8. The summed E-state index contributed by atoms with van der Waals surface area (Å²) in [6, 6.07) is 7.28. The van der Waals surface area contributed by atoms with Crippen LogP contribution < -0.4 is 21.1 Å². The fourth-order valence-electron chi connectivity index (χ4n) is 1.51. The van der Waals surface area contributed by atoms with Crippen molar-refractivity contribution in [1.82, 2.24) is 15.5 Å². The van der Waals surface area contributed by atoms with Crippen LogP contribution in [0.15, 0.2) is 24.3 Å². The lowest BCUT2D eigenvalue weighted by atomic mass is 10.2. The van der Waals surface area contributed by atoms with E-state index in [-0.39, 0.29) is 12.6 Å². The van der Waals surface area contributed by atoms with E-state index in [1.807, 2.05) is 12.1 Å². The Hall–Kier alpha value is -2.28. The number of nitrogens with zero attached hydrogens (tertiary/aromatic N) is 1. The van der Waals surface area contributed by atoms with Gasteiger partial charge in [0.15, 0.2) is 6.61 Å². The normalized spacial score (nSPS) is 10.0. The molecule has 0 bridgehead atoms. The minimum atomic E-state index is -0.500. The van der Waals surface area contributed by atoms with E-state index in [1.54, 1.807) is 26.2 Å². The first-order valence-electron chi connectivity index (χ1n) is 6.65. The van der Waals surface area contributed by atoms with Crippen molar-refractivity contribution in [2.75, 3.05) is 33.8 Å². The van der Waals surface area contributed by atoms with Gasteiger partial charge in [0.2, 0.25) is 0 Å². The topological polar surface area (TPSA) is 96.7 Å². The van der Waals surface area contributed by atoms with Crippen LogP contribution in [0.3, 0.4) is 0 Å². The molecule has 4 N–H and O–H groups in total. The van der Waals surface area contributed by atoms with Gasteiger partial charge in [-0.15, -0.1) is 0 Å². The van der Waals surface area contributed by atoms with Gasteiger partial charge in [-0.05, 0) is 17.7 Å². The number of amides is 3. The number of ether oxygens (including phenoxy) is 1. The standard InChI is InChI=1S/C14H22N4O3/c1-18(2)14(20)17-8-7-16-9-11-3-5-12(6-4-11)21-10-13(15)19/h3-6,16H,7-10H2,1-2H3,(H2,15,19)(H,17,20). The van der Waals surface area contributed by atoms with Crippen LogP contribution in [0.1, 0.15) is 5.56 Å². The van der Waals surface area contributed by atoms with Crippen molar-refractivity contribution in [2.24, 2.45) is 5.73 Å². The highest BCUT2D eigenvalue weighted by Gasteiger charge is 2.01. The molecule has 0 saturated carbocycles. The maximum atomic E-state index is 11.3. The van der Waals surface area contributed by atoms with Crippen molar-refractivity contribution in [3.8, 4) is 5.75 Å². The molecule has 1 aromatic carbocycles. The predicted molar refractivity (Wildman–Crippen MR) is 79.9 cm³/mol. The fourth-order valence-corrected chi connectivity index (χ4v) is 1.51. The van der Waals surface area contributed by atoms with Crippen LogP contribution in [0.5, 0.6) is 5.75 Å². The van der Waals surface area contributed by atoms with Crippen molar-refractivity contribution in [3.05, 3.63) is 29.8 Å². The van der Waals surface area contributed by atoms with Crippen LogP contribution in [-0.4, -0.2) is 50.6 Å². The Morgan fingerprint density at radius 2 is 1.86 bits per heavy atom. The van der Waals surface area contributed by atoms with Gasteiger partial charge in [-0.25, -0.2) is 4.79 Å². The third-order valence-corrected chi connectivity index (χ3v) is 2.62. The molecule has 1 rings (SSSR count). The fraction of sp³-hybridized carbons (Fsp3) is 0.429. The number of carbonyl (C=O) groups excluding carboxylic acids is 2. The summed E-state index contributed by atoms with van der Waals surface area (Å²) in [5.41, 5.74) is 6.08. The predicted octanol–water partition coefficient (Wildman–Crippen LogP) is -0.0885. The van der Waals surface area contributed by atoms with Gasteiger partial charge >= 0.3 is 6.03 Å². The smallest absolute Gasteiger partial charge is 0.316 e. The quantitative estimate of drug-likeness (QED) is 0.584. The lowest BCUT2D eigenvalue weighted by Gasteiger charge is -2.12. The van der Waals surface area contributed by atoms with Gasteiger partial charge in [0.1, 0.15) is 5.75 Å². The zero-order chi connectivity index (χ0) is 15.7. The average molecular weight is 294 g/mol. The summed E-state index contributed by atoms with van der Waals surface area (Å²) in [5, 5.41) is 5.98. The molecule has 0 aliphatic carbocycles. The van der Waals surface area contributed by atoms with Crippen LogP contribution in [0.4, 0.5) is 4.79 Å². The summed E-state index contributed by atoms with van der Waals surface area (Å²) in [5.74, 6) is 0.108. The molecule has 0 aliphatic heterocycles. The molecule has 3 amide bonds. The highest BCUT2D eigenvalue weighted by Crippen LogP contribution is 2.11. The molecule has 7 nitrogen and oxygen atoms in total. The van der Waals surface area contributed by atoms with E-state index in [9.17, 15) is 9.59 Å². The highest BCUT2D eigenvalue weighted by molar-refractivity contribution is 5.75. The number of primary amides is 1. The summed E-state index contributed by atoms with van der Waals surface area (Å²) in [4.78, 5) is 23.3. The number of urea groups is 1. The first kappa shape index (κ1) is 16.8. The largest absolute Gasteiger partial charge is 0.484 e. The zero-order valence-corrected chi connectivity index (χ0v) is 12.4. The maximum Gasteiger partial charge on any atom is 0.316 e. The minimum absolute atomic E-state index is 0.104. The Morgan fingerprint density at radius 1 is 1.19 bits per heavy atom. The van der Waals surface area contributed by atoms with Crippen LogP contribution in [0.2, 0.25) is 0 Å². The van der Waals surface area contributed by atoms with Gasteiger partial charge in [-0.3, -0.25) is 4.79 Å². The first-order valence-corrected chi connectivity index (χ1v) is 6.65. The van der Waals surface area contributed by atoms with Crippen molar-refractivity contribution in [2.45, 2.75) is 6.54 Å². The second-order valence-corrected chi connectivity index (χ2v) is 4.70. The molecule has 1 aromatic rings. The number of nitrogens with one attached hydrogen (secondary N) is 2. The van der Waals surface area contributed by atoms with Crippen molar-refractivity contribution in [3.63, 3.8) is 0 Å². The lowest BCUT2D eigenvalue weighted by molar-refractivity contribution is -0.119. The Balaban J connectivity index is 2.21. The molecular weight excluding hydrogens is 272 g/mol. The molecule has 0 fully saturated rings. The van der Waals surface area contributed by atoms with E-state index in [0.717, 1.165) is 5.56 Å². The van der Waals surface area contributed by atoms with E-state index < -0.39 is 5.91 Å². The molecule has 0 saturated heterocycles. The molecule has 116 valence electrons. The molecular formula is C14H22N4O3. The average Bonchev–Trinajstić information content (AvgIpc) is 2.45. The Kier molecular flexibility index (Phi) is 7.03. The molecule has 0 unspecified atom stereocenters. The Bertz CT molecular complexity index is 460. The lowest BCUT2D eigenvalue weighted by Crippen LogP contribution is -2.38. The molecule has 0 aromatic heterocycles. The van der Waals surface area contributed by atoms with Gasteiger partial charge < -0.3 is 26.0 Å². The summed E-state index contributed by atoms with van der Waals surface area (Å²) < 4.78 is 5.17. The van der Waals surface area contributed by atoms with E-state index in [0.29, 0.717) is 25.4 Å². The van der Waals surface area contributed by atoms with Crippen molar-refractivity contribution < 1.29 is 14.3 Å². The summed E-state index contributed by atoms with van der Waals surface area (Å²) >= 11 is 0. The monoisotopic (exact) mass is 294 g/mol. The zero-order valence-electron chi connectivity index (χ0n) is 12.4. The number of benzene rings is 1. The second-order valence-electron chi connectivity index (χ2n) is 4.70. The number of nitrogens with two attached hydrogens (primary N) is 1. The Morgan fingerprint density at radius 3 is 2.43 bits per heavy atom. The van der Waals surface area contributed by atoms with Gasteiger partial charge in [-0.1, -0.05) is 12.1 Å². The molecule has 0 heterocycles. The highest BCUT2D eigenvalue weighted by atomic mass is 16.5. The van der Waals surface area contributed by atoms with Gasteiger partial charge in [0, 0.05) is 33.7 Å².